The Kier molecular flexibility index (Phi) is 4.03. The van der Waals surface area contributed by atoms with Crippen LogP contribution in [0.4, 0.5) is 16.2 Å². The summed E-state index contributed by atoms with van der Waals surface area (Å²) >= 11 is 0. The molecule has 2 aromatic rings. The molecule has 4 nitrogen and oxygen atoms in total. The highest BCUT2D eigenvalue weighted by Crippen LogP contribution is 2.14. The molecule has 0 saturated carbocycles. The van der Waals surface area contributed by atoms with Gasteiger partial charge in [0.25, 0.3) is 0 Å². The first-order chi connectivity index (χ1) is 9.16. The van der Waals surface area contributed by atoms with Gasteiger partial charge in [0, 0.05) is 25.0 Å². The first-order valence-electron chi connectivity index (χ1n) is 6.08. The molecule has 98 valence electrons. The van der Waals surface area contributed by atoms with E-state index in [-0.39, 0.29) is 6.03 Å². The van der Waals surface area contributed by atoms with Crippen molar-refractivity contribution in [3.63, 3.8) is 0 Å². The summed E-state index contributed by atoms with van der Waals surface area (Å²) in [6.07, 6.45) is 0. The van der Waals surface area contributed by atoms with Gasteiger partial charge in [-0.05, 0) is 29.8 Å². The molecular formula is C15H17N3O. The number of hydrogen-bond acceptors (Lipinski definition) is 2. The van der Waals surface area contributed by atoms with E-state index in [2.05, 4.69) is 5.32 Å². The topological polar surface area (TPSA) is 58.4 Å². The maximum Gasteiger partial charge on any atom is 0.321 e. The number of urea groups is 1. The minimum absolute atomic E-state index is 0.145. The molecule has 0 atom stereocenters. The number of anilines is 2. The van der Waals surface area contributed by atoms with Crippen molar-refractivity contribution in [3.05, 3.63) is 60.2 Å². The number of nitrogen functional groups attached to an aromatic ring is 1. The molecule has 0 fully saturated rings. The third-order valence-electron chi connectivity index (χ3n) is 2.87. The third-order valence-corrected chi connectivity index (χ3v) is 2.87. The maximum absolute atomic E-state index is 12.0. The Labute approximate surface area is 112 Å². The molecule has 0 aromatic heterocycles. The lowest BCUT2D eigenvalue weighted by Gasteiger charge is -2.18. The van der Waals surface area contributed by atoms with E-state index in [0.717, 1.165) is 11.3 Å². The van der Waals surface area contributed by atoms with Crippen molar-refractivity contribution in [1.29, 1.82) is 0 Å². The molecule has 3 N–H and O–H groups in total. The summed E-state index contributed by atoms with van der Waals surface area (Å²) in [6.45, 7) is 0.513. The zero-order valence-corrected chi connectivity index (χ0v) is 10.8. The van der Waals surface area contributed by atoms with Gasteiger partial charge in [0.2, 0.25) is 0 Å². The number of amides is 2. The van der Waals surface area contributed by atoms with Crippen LogP contribution in [0.5, 0.6) is 0 Å². The lowest BCUT2D eigenvalue weighted by molar-refractivity contribution is 0.247. The van der Waals surface area contributed by atoms with Gasteiger partial charge in [-0.3, -0.25) is 4.90 Å². The Hall–Kier alpha value is -2.49. The number of carbonyl (C=O) groups excluding carboxylic acids is 1. The Morgan fingerprint density at radius 3 is 2.37 bits per heavy atom. The molecule has 0 spiro atoms. The molecule has 0 aliphatic carbocycles. The fourth-order valence-electron chi connectivity index (χ4n) is 1.71. The summed E-state index contributed by atoms with van der Waals surface area (Å²) in [7, 11) is 1.73. The number of benzene rings is 2. The number of hydrogen-bond donors (Lipinski definition) is 2. The standard InChI is InChI=1S/C15H17N3O/c1-18(14-9-7-13(16)8-10-14)15(19)17-11-12-5-3-2-4-6-12/h2-10H,11,16H2,1H3,(H,17,19). The van der Waals surface area contributed by atoms with Crippen molar-refractivity contribution in [2.24, 2.45) is 0 Å². The number of nitrogens with zero attached hydrogens (tertiary/aromatic N) is 1. The Morgan fingerprint density at radius 1 is 1.11 bits per heavy atom. The van der Waals surface area contributed by atoms with E-state index in [4.69, 9.17) is 5.73 Å². The zero-order valence-electron chi connectivity index (χ0n) is 10.8. The van der Waals surface area contributed by atoms with Gasteiger partial charge in [-0.15, -0.1) is 0 Å². The third kappa shape index (κ3) is 3.48. The summed E-state index contributed by atoms with van der Waals surface area (Å²) < 4.78 is 0. The molecule has 0 heterocycles. The highest BCUT2D eigenvalue weighted by atomic mass is 16.2. The summed E-state index contributed by atoms with van der Waals surface area (Å²) in [5.74, 6) is 0. The van der Waals surface area contributed by atoms with E-state index in [1.807, 2.05) is 42.5 Å². The normalized spacial score (nSPS) is 9.95. The number of nitrogens with two attached hydrogens (primary N) is 1. The molecule has 19 heavy (non-hydrogen) atoms. The van der Waals surface area contributed by atoms with Crippen LogP contribution in [0.25, 0.3) is 0 Å². The van der Waals surface area contributed by atoms with E-state index < -0.39 is 0 Å². The average molecular weight is 255 g/mol. The van der Waals surface area contributed by atoms with Crippen LogP contribution in [-0.2, 0) is 6.54 Å². The minimum atomic E-state index is -0.145. The molecule has 0 bridgehead atoms. The average Bonchev–Trinajstić information content (AvgIpc) is 2.46. The van der Waals surface area contributed by atoms with Gasteiger partial charge < -0.3 is 11.1 Å². The van der Waals surface area contributed by atoms with Crippen LogP contribution in [-0.4, -0.2) is 13.1 Å². The lowest BCUT2D eigenvalue weighted by Crippen LogP contribution is -2.36. The predicted octanol–water partition coefficient (Wildman–Crippen LogP) is 2.61. The highest BCUT2D eigenvalue weighted by Gasteiger charge is 2.09. The Morgan fingerprint density at radius 2 is 1.74 bits per heavy atom. The van der Waals surface area contributed by atoms with Crippen molar-refractivity contribution < 1.29 is 4.79 Å². The highest BCUT2D eigenvalue weighted by molar-refractivity contribution is 5.91. The molecule has 0 aliphatic heterocycles. The zero-order chi connectivity index (χ0) is 13.7. The quantitative estimate of drug-likeness (QED) is 0.828. The molecule has 4 heteroatoms. The van der Waals surface area contributed by atoms with Crippen LogP contribution in [0, 0.1) is 0 Å². The fraction of sp³-hybridized carbons (Fsp3) is 0.133. The van der Waals surface area contributed by atoms with E-state index in [9.17, 15) is 4.79 Å². The predicted molar refractivity (Wildman–Crippen MR) is 77.9 cm³/mol. The largest absolute Gasteiger partial charge is 0.399 e. The molecule has 0 radical (unpaired) electrons. The fourth-order valence-corrected chi connectivity index (χ4v) is 1.71. The number of rotatable bonds is 3. The van der Waals surface area contributed by atoms with Crippen LogP contribution in [0.1, 0.15) is 5.56 Å². The maximum atomic E-state index is 12.0. The van der Waals surface area contributed by atoms with Gasteiger partial charge in [0.15, 0.2) is 0 Å². The molecule has 0 aliphatic rings. The molecule has 2 aromatic carbocycles. The molecule has 2 rings (SSSR count). The second-order valence-electron chi connectivity index (χ2n) is 4.29. The van der Waals surface area contributed by atoms with Gasteiger partial charge in [0.1, 0.15) is 0 Å². The molecule has 0 unspecified atom stereocenters. The summed E-state index contributed by atoms with van der Waals surface area (Å²) in [4.78, 5) is 13.5. The van der Waals surface area contributed by atoms with Gasteiger partial charge in [-0.1, -0.05) is 30.3 Å². The minimum Gasteiger partial charge on any atom is -0.399 e. The van der Waals surface area contributed by atoms with Gasteiger partial charge in [0.05, 0.1) is 0 Å². The van der Waals surface area contributed by atoms with E-state index in [0.29, 0.717) is 12.2 Å². The Bertz CT molecular complexity index is 537. The first-order valence-corrected chi connectivity index (χ1v) is 6.08. The molecule has 2 amide bonds. The van der Waals surface area contributed by atoms with E-state index in [1.54, 1.807) is 24.1 Å². The Balaban J connectivity index is 1.94. The van der Waals surface area contributed by atoms with Crippen molar-refractivity contribution in [2.75, 3.05) is 17.7 Å². The second kappa shape index (κ2) is 5.91. The van der Waals surface area contributed by atoms with Crippen LogP contribution < -0.4 is 16.0 Å². The van der Waals surface area contributed by atoms with Gasteiger partial charge >= 0.3 is 6.03 Å². The number of carbonyl (C=O) groups is 1. The number of nitrogens with one attached hydrogen (secondary N) is 1. The van der Waals surface area contributed by atoms with Crippen LogP contribution in [0.15, 0.2) is 54.6 Å². The van der Waals surface area contributed by atoms with Crippen molar-refractivity contribution in [1.82, 2.24) is 5.32 Å². The van der Waals surface area contributed by atoms with Crippen LogP contribution in [0.3, 0.4) is 0 Å². The monoisotopic (exact) mass is 255 g/mol. The lowest BCUT2D eigenvalue weighted by atomic mass is 10.2. The van der Waals surface area contributed by atoms with Crippen molar-refractivity contribution >= 4 is 17.4 Å². The SMILES string of the molecule is CN(C(=O)NCc1ccccc1)c1ccc(N)cc1. The second-order valence-corrected chi connectivity index (χ2v) is 4.29. The van der Waals surface area contributed by atoms with Gasteiger partial charge in [-0.25, -0.2) is 4.79 Å². The van der Waals surface area contributed by atoms with E-state index in [1.165, 1.54) is 0 Å². The van der Waals surface area contributed by atoms with Crippen molar-refractivity contribution in [3.8, 4) is 0 Å². The molecule has 0 saturated heterocycles. The summed E-state index contributed by atoms with van der Waals surface area (Å²) in [5.41, 5.74) is 8.18. The van der Waals surface area contributed by atoms with Crippen LogP contribution >= 0.6 is 0 Å². The first kappa shape index (κ1) is 13.0. The molecular weight excluding hydrogens is 238 g/mol. The van der Waals surface area contributed by atoms with Gasteiger partial charge in [-0.2, -0.15) is 0 Å². The van der Waals surface area contributed by atoms with Crippen molar-refractivity contribution in [2.45, 2.75) is 6.54 Å². The smallest absolute Gasteiger partial charge is 0.321 e. The summed E-state index contributed by atoms with van der Waals surface area (Å²) in [6, 6.07) is 16.8. The summed E-state index contributed by atoms with van der Waals surface area (Å²) in [5, 5.41) is 2.87. The van der Waals surface area contributed by atoms with Crippen LogP contribution in [0.2, 0.25) is 0 Å². The van der Waals surface area contributed by atoms with E-state index >= 15 is 0 Å².